The average molecular weight is 180 g/mol. The van der Waals surface area contributed by atoms with Crippen LogP contribution in [0, 0.1) is 5.92 Å². The second kappa shape index (κ2) is 3.46. The highest BCUT2D eigenvalue weighted by atomic mass is 15.3. The van der Waals surface area contributed by atoms with Gasteiger partial charge in [-0.15, -0.1) is 10.2 Å². The number of rotatable bonds is 3. The van der Waals surface area contributed by atoms with Gasteiger partial charge < -0.3 is 10.3 Å². The van der Waals surface area contributed by atoms with E-state index in [0.717, 1.165) is 37.6 Å². The first-order valence-electron chi connectivity index (χ1n) is 4.92. The fraction of sp³-hybridized carbons (Fsp3) is 0.778. The molecule has 1 aromatic rings. The van der Waals surface area contributed by atoms with Crippen molar-refractivity contribution >= 4 is 0 Å². The van der Waals surface area contributed by atoms with Crippen LogP contribution in [0.2, 0.25) is 0 Å². The van der Waals surface area contributed by atoms with E-state index in [1.165, 1.54) is 6.42 Å². The molecule has 0 saturated carbocycles. The van der Waals surface area contributed by atoms with Crippen LogP contribution < -0.4 is 5.73 Å². The van der Waals surface area contributed by atoms with Gasteiger partial charge in [0, 0.05) is 19.4 Å². The molecule has 2 rings (SSSR count). The van der Waals surface area contributed by atoms with Crippen molar-refractivity contribution in [1.29, 1.82) is 0 Å². The summed E-state index contributed by atoms with van der Waals surface area (Å²) < 4.78 is 2.24. The van der Waals surface area contributed by atoms with Crippen LogP contribution >= 0.6 is 0 Å². The Balaban J connectivity index is 2.12. The molecule has 0 saturated heterocycles. The summed E-state index contributed by atoms with van der Waals surface area (Å²) in [5.74, 6) is 2.78. The normalized spacial score (nSPS) is 17.4. The molecule has 1 unspecified atom stereocenters. The van der Waals surface area contributed by atoms with Crippen LogP contribution in [0.15, 0.2) is 0 Å². The van der Waals surface area contributed by atoms with E-state index < -0.39 is 0 Å². The molecule has 0 bridgehead atoms. The number of nitrogens with two attached hydrogens (primary N) is 1. The van der Waals surface area contributed by atoms with Gasteiger partial charge in [-0.1, -0.05) is 6.92 Å². The molecule has 2 heterocycles. The summed E-state index contributed by atoms with van der Waals surface area (Å²) in [4.78, 5) is 0. The smallest absolute Gasteiger partial charge is 0.133 e. The van der Waals surface area contributed by atoms with Crippen LogP contribution in [-0.4, -0.2) is 21.3 Å². The first-order valence-corrected chi connectivity index (χ1v) is 4.92. The van der Waals surface area contributed by atoms with Crippen LogP contribution in [-0.2, 0) is 19.4 Å². The second-order valence-corrected chi connectivity index (χ2v) is 3.83. The standard InChI is InChI=1S/C9H16N4/c1-7(6-10)5-9-12-11-8-3-2-4-13(8)9/h7H,2-6,10H2,1H3. The highest BCUT2D eigenvalue weighted by Crippen LogP contribution is 2.15. The van der Waals surface area contributed by atoms with Crippen LogP contribution in [0.1, 0.15) is 25.0 Å². The van der Waals surface area contributed by atoms with Crippen molar-refractivity contribution in [2.45, 2.75) is 32.7 Å². The Labute approximate surface area is 78.1 Å². The van der Waals surface area contributed by atoms with Gasteiger partial charge in [0.2, 0.25) is 0 Å². The summed E-state index contributed by atoms with van der Waals surface area (Å²) in [7, 11) is 0. The predicted molar refractivity (Wildman–Crippen MR) is 50.3 cm³/mol. The molecule has 4 heteroatoms. The van der Waals surface area contributed by atoms with Gasteiger partial charge in [0.25, 0.3) is 0 Å². The van der Waals surface area contributed by atoms with Gasteiger partial charge in [-0.25, -0.2) is 0 Å². The lowest BCUT2D eigenvalue weighted by atomic mass is 10.1. The summed E-state index contributed by atoms with van der Waals surface area (Å²) in [5, 5.41) is 8.34. The average Bonchev–Trinajstić information content (AvgIpc) is 2.69. The Bertz CT molecular complexity index is 292. The minimum Gasteiger partial charge on any atom is -0.330 e. The third-order valence-electron chi connectivity index (χ3n) is 2.62. The van der Waals surface area contributed by atoms with E-state index in [1.54, 1.807) is 0 Å². The van der Waals surface area contributed by atoms with Crippen molar-refractivity contribution in [2.75, 3.05) is 6.54 Å². The molecule has 1 aliphatic heterocycles. The van der Waals surface area contributed by atoms with E-state index in [9.17, 15) is 0 Å². The van der Waals surface area contributed by atoms with Crippen molar-refractivity contribution in [1.82, 2.24) is 14.8 Å². The second-order valence-electron chi connectivity index (χ2n) is 3.83. The Morgan fingerprint density at radius 2 is 2.38 bits per heavy atom. The summed E-state index contributed by atoms with van der Waals surface area (Å²) >= 11 is 0. The van der Waals surface area contributed by atoms with Crippen LogP contribution in [0.4, 0.5) is 0 Å². The first-order chi connectivity index (χ1) is 6.31. The predicted octanol–water partition coefficient (Wildman–Crippen LogP) is 0.362. The molecule has 0 radical (unpaired) electrons. The number of fused-ring (bicyclic) bond motifs is 1. The summed E-state index contributed by atoms with van der Waals surface area (Å²) in [6.45, 7) is 3.97. The molecule has 0 amide bonds. The number of hydrogen-bond donors (Lipinski definition) is 1. The Morgan fingerprint density at radius 3 is 3.15 bits per heavy atom. The number of aryl methyl sites for hydroxylation is 1. The highest BCUT2D eigenvalue weighted by molar-refractivity contribution is 5.01. The maximum atomic E-state index is 5.58. The molecule has 0 aromatic carbocycles. The molecular weight excluding hydrogens is 164 g/mol. The third-order valence-corrected chi connectivity index (χ3v) is 2.62. The molecule has 0 fully saturated rings. The molecule has 1 aromatic heterocycles. The van der Waals surface area contributed by atoms with E-state index >= 15 is 0 Å². The van der Waals surface area contributed by atoms with Gasteiger partial charge >= 0.3 is 0 Å². The minimum absolute atomic E-state index is 0.508. The topological polar surface area (TPSA) is 56.7 Å². The van der Waals surface area contributed by atoms with E-state index in [4.69, 9.17) is 5.73 Å². The number of hydrogen-bond acceptors (Lipinski definition) is 3. The van der Waals surface area contributed by atoms with Crippen molar-refractivity contribution in [3.8, 4) is 0 Å². The lowest BCUT2D eigenvalue weighted by Gasteiger charge is -2.07. The molecule has 0 aliphatic carbocycles. The maximum Gasteiger partial charge on any atom is 0.133 e. The van der Waals surface area contributed by atoms with Crippen molar-refractivity contribution in [3.63, 3.8) is 0 Å². The molecule has 1 aliphatic rings. The first kappa shape index (κ1) is 8.69. The van der Waals surface area contributed by atoms with E-state index in [1.807, 2.05) is 0 Å². The Kier molecular flexibility index (Phi) is 2.31. The Hall–Kier alpha value is -0.900. The van der Waals surface area contributed by atoms with Crippen LogP contribution in [0.25, 0.3) is 0 Å². The third kappa shape index (κ3) is 1.58. The molecule has 1 atom stereocenters. The van der Waals surface area contributed by atoms with Crippen molar-refractivity contribution < 1.29 is 0 Å². The van der Waals surface area contributed by atoms with Crippen LogP contribution in [0.3, 0.4) is 0 Å². The molecule has 0 spiro atoms. The van der Waals surface area contributed by atoms with E-state index in [-0.39, 0.29) is 0 Å². The summed E-state index contributed by atoms with van der Waals surface area (Å²) in [6.07, 6.45) is 3.27. The lowest BCUT2D eigenvalue weighted by molar-refractivity contribution is 0.548. The number of nitrogens with zero attached hydrogens (tertiary/aromatic N) is 3. The van der Waals surface area contributed by atoms with Crippen molar-refractivity contribution in [2.24, 2.45) is 11.7 Å². The quantitative estimate of drug-likeness (QED) is 0.730. The fourth-order valence-electron chi connectivity index (χ4n) is 1.76. The van der Waals surface area contributed by atoms with Gasteiger partial charge in [-0.3, -0.25) is 0 Å². The molecule has 2 N–H and O–H groups in total. The zero-order chi connectivity index (χ0) is 9.26. The molecular formula is C9H16N4. The molecule has 72 valence electrons. The largest absolute Gasteiger partial charge is 0.330 e. The molecule has 4 nitrogen and oxygen atoms in total. The van der Waals surface area contributed by atoms with Gasteiger partial charge in [0.15, 0.2) is 0 Å². The van der Waals surface area contributed by atoms with Crippen molar-refractivity contribution in [3.05, 3.63) is 11.6 Å². The minimum atomic E-state index is 0.508. The highest BCUT2D eigenvalue weighted by Gasteiger charge is 2.17. The SMILES string of the molecule is CC(CN)Cc1nnc2n1CCC2. The van der Waals surface area contributed by atoms with Gasteiger partial charge in [0.1, 0.15) is 11.6 Å². The lowest BCUT2D eigenvalue weighted by Crippen LogP contribution is -2.15. The Morgan fingerprint density at radius 1 is 1.54 bits per heavy atom. The van der Waals surface area contributed by atoms with Crippen LogP contribution in [0.5, 0.6) is 0 Å². The number of aromatic nitrogens is 3. The summed E-state index contributed by atoms with van der Waals surface area (Å²) in [5.41, 5.74) is 5.58. The van der Waals surface area contributed by atoms with Gasteiger partial charge in [0.05, 0.1) is 0 Å². The van der Waals surface area contributed by atoms with E-state index in [0.29, 0.717) is 5.92 Å². The maximum absolute atomic E-state index is 5.58. The fourth-order valence-corrected chi connectivity index (χ4v) is 1.76. The van der Waals surface area contributed by atoms with Gasteiger partial charge in [-0.05, 0) is 18.9 Å². The summed E-state index contributed by atoms with van der Waals surface area (Å²) in [6, 6.07) is 0. The monoisotopic (exact) mass is 180 g/mol. The van der Waals surface area contributed by atoms with E-state index in [2.05, 4.69) is 21.7 Å². The van der Waals surface area contributed by atoms with Gasteiger partial charge in [-0.2, -0.15) is 0 Å². The zero-order valence-electron chi connectivity index (χ0n) is 8.03. The molecule has 13 heavy (non-hydrogen) atoms. The zero-order valence-corrected chi connectivity index (χ0v) is 8.03.